The molecule has 1 aliphatic rings. The number of benzene rings is 2. The minimum Gasteiger partial charge on any atom is -0.305 e. The van der Waals surface area contributed by atoms with Crippen LogP contribution in [0.4, 0.5) is 0 Å². The largest absolute Gasteiger partial charge is 0.305 e. The fourth-order valence-electron chi connectivity index (χ4n) is 3.34. The van der Waals surface area contributed by atoms with Crippen molar-refractivity contribution in [2.24, 2.45) is 0 Å². The molecule has 116 valence electrons. The van der Waals surface area contributed by atoms with Crippen molar-refractivity contribution in [1.29, 1.82) is 0 Å². The molecule has 0 radical (unpaired) electrons. The molecule has 2 aromatic carbocycles. The first-order valence-electron chi connectivity index (χ1n) is 7.66. The van der Waals surface area contributed by atoms with Crippen molar-refractivity contribution in [3.05, 3.63) is 69.2 Å². The highest BCUT2D eigenvalue weighted by Gasteiger charge is 2.33. The Labute approximate surface area is 142 Å². The topological polar surface area (TPSA) is 12.0 Å². The number of hydrogen-bond acceptors (Lipinski definition) is 1. The summed E-state index contributed by atoms with van der Waals surface area (Å²) in [6.07, 6.45) is 1.05. The van der Waals surface area contributed by atoms with Gasteiger partial charge in [0.15, 0.2) is 0 Å². The third kappa shape index (κ3) is 3.17. The lowest BCUT2D eigenvalue weighted by Gasteiger charge is -2.26. The minimum absolute atomic E-state index is 0.0876. The molecule has 22 heavy (non-hydrogen) atoms. The van der Waals surface area contributed by atoms with Crippen molar-refractivity contribution >= 4 is 23.2 Å². The highest BCUT2D eigenvalue weighted by Crippen LogP contribution is 2.45. The van der Waals surface area contributed by atoms with Gasteiger partial charge in [0.2, 0.25) is 0 Å². The van der Waals surface area contributed by atoms with Crippen molar-refractivity contribution in [2.75, 3.05) is 0 Å². The van der Waals surface area contributed by atoms with E-state index in [-0.39, 0.29) is 5.54 Å². The van der Waals surface area contributed by atoms with Gasteiger partial charge in [-0.25, -0.2) is 0 Å². The Kier molecular flexibility index (Phi) is 4.24. The molecule has 0 spiro atoms. The Hall–Kier alpha value is -1.02. The van der Waals surface area contributed by atoms with E-state index in [1.54, 1.807) is 0 Å². The van der Waals surface area contributed by atoms with Crippen LogP contribution in [0.15, 0.2) is 42.5 Å². The Bertz CT molecular complexity index is 688. The maximum Gasteiger partial charge on any atom is 0.0595 e. The van der Waals surface area contributed by atoms with Crippen LogP contribution in [0.2, 0.25) is 10.0 Å². The van der Waals surface area contributed by atoms with Gasteiger partial charge in [-0.2, -0.15) is 0 Å². The molecule has 0 aliphatic heterocycles. The van der Waals surface area contributed by atoms with Gasteiger partial charge in [0.25, 0.3) is 0 Å². The standard InChI is InChI=1S/C19H21Cl2N/c1-19(2,3)22-18-11-15(13-6-4-5-7-14(13)18)12-8-9-16(20)17(21)10-12/h4-10,15,18,22H,11H2,1-3H3/t15-,18+/m0/s1. The Morgan fingerprint density at radius 1 is 0.955 bits per heavy atom. The van der Waals surface area contributed by atoms with E-state index < -0.39 is 0 Å². The molecule has 1 nitrogen and oxygen atoms in total. The van der Waals surface area contributed by atoms with Crippen LogP contribution in [-0.2, 0) is 0 Å². The summed E-state index contributed by atoms with van der Waals surface area (Å²) >= 11 is 12.3. The zero-order valence-corrected chi connectivity index (χ0v) is 14.7. The Balaban J connectivity index is 1.98. The summed E-state index contributed by atoms with van der Waals surface area (Å²) in [5.41, 5.74) is 4.11. The molecule has 2 aromatic rings. The van der Waals surface area contributed by atoms with Crippen LogP contribution in [0.25, 0.3) is 0 Å². The molecule has 0 heterocycles. The SMILES string of the molecule is CC(C)(C)N[C@@H]1C[C@@H](c2ccc(Cl)c(Cl)c2)c2ccccc21. The second kappa shape index (κ2) is 5.88. The zero-order chi connectivity index (χ0) is 15.9. The summed E-state index contributed by atoms with van der Waals surface area (Å²) in [5, 5.41) is 4.98. The van der Waals surface area contributed by atoms with Crippen molar-refractivity contribution in [3.63, 3.8) is 0 Å². The molecule has 3 heteroatoms. The third-order valence-corrected chi connectivity index (χ3v) is 4.91. The minimum atomic E-state index is 0.0876. The summed E-state index contributed by atoms with van der Waals surface area (Å²) in [4.78, 5) is 0. The van der Waals surface area contributed by atoms with Gasteiger partial charge in [0.05, 0.1) is 10.0 Å². The molecule has 0 saturated carbocycles. The van der Waals surface area contributed by atoms with E-state index in [0.29, 0.717) is 22.0 Å². The van der Waals surface area contributed by atoms with Crippen LogP contribution in [0.3, 0.4) is 0 Å². The molecule has 0 aromatic heterocycles. The van der Waals surface area contributed by atoms with E-state index in [0.717, 1.165) is 6.42 Å². The summed E-state index contributed by atoms with van der Waals surface area (Å²) in [6.45, 7) is 6.63. The lowest BCUT2D eigenvalue weighted by atomic mass is 9.93. The van der Waals surface area contributed by atoms with Gasteiger partial charge in [-0.05, 0) is 56.0 Å². The maximum atomic E-state index is 6.21. The van der Waals surface area contributed by atoms with E-state index in [4.69, 9.17) is 23.2 Å². The van der Waals surface area contributed by atoms with Gasteiger partial charge in [-0.15, -0.1) is 0 Å². The van der Waals surface area contributed by atoms with E-state index >= 15 is 0 Å². The van der Waals surface area contributed by atoms with Crippen LogP contribution >= 0.6 is 23.2 Å². The molecule has 0 amide bonds. The molecule has 1 N–H and O–H groups in total. The fourth-order valence-corrected chi connectivity index (χ4v) is 3.65. The van der Waals surface area contributed by atoms with Crippen molar-refractivity contribution in [3.8, 4) is 0 Å². The zero-order valence-electron chi connectivity index (χ0n) is 13.2. The average Bonchev–Trinajstić information content (AvgIpc) is 2.79. The van der Waals surface area contributed by atoms with E-state index in [1.165, 1.54) is 16.7 Å². The van der Waals surface area contributed by atoms with Gasteiger partial charge < -0.3 is 5.32 Å². The molecule has 0 fully saturated rings. The fraction of sp³-hybridized carbons (Fsp3) is 0.368. The van der Waals surface area contributed by atoms with Crippen molar-refractivity contribution in [2.45, 2.75) is 44.7 Å². The molecule has 0 unspecified atom stereocenters. The number of fused-ring (bicyclic) bond motifs is 1. The van der Waals surface area contributed by atoms with Crippen LogP contribution < -0.4 is 5.32 Å². The highest BCUT2D eigenvalue weighted by molar-refractivity contribution is 6.42. The van der Waals surface area contributed by atoms with Crippen molar-refractivity contribution in [1.82, 2.24) is 5.32 Å². The molecule has 1 aliphatic carbocycles. The first kappa shape index (κ1) is 15.9. The summed E-state index contributed by atoms with van der Waals surface area (Å²) in [7, 11) is 0. The highest BCUT2D eigenvalue weighted by atomic mass is 35.5. The predicted octanol–water partition coefficient (Wildman–Crippen LogP) is 5.96. The lowest BCUT2D eigenvalue weighted by molar-refractivity contribution is 0.357. The van der Waals surface area contributed by atoms with Crippen LogP contribution in [-0.4, -0.2) is 5.54 Å². The monoisotopic (exact) mass is 333 g/mol. The molecule has 3 rings (SSSR count). The molecule has 0 bridgehead atoms. The molecule has 2 atom stereocenters. The third-order valence-electron chi connectivity index (χ3n) is 4.17. The Morgan fingerprint density at radius 2 is 1.64 bits per heavy atom. The Morgan fingerprint density at radius 3 is 2.27 bits per heavy atom. The van der Waals surface area contributed by atoms with Gasteiger partial charge >= 0.3 is 0 Å². The quantitative estimate of drug-likeness (QED) is 0.715. The first-order chi connectivity index (χ1) is 10.3. The van der Waals surface area contributed by atoms with Gasteiger partial charge in [0, 0.05) is 17.5 Å². The van der Waals surface area contributed by atoms with Crippen LogP contribution in [0.1, 0.15) is 55.8 Å². The van der Waals surface area contributed by atoms with Gasteiger partial charge in [-0.3, -0.25) is 0 Å². The maximum absolute atomic E-state index is 6.21. The molecule has 0 saturated heterocycles. The summed E-state index contributed by atoms with van der Waals surface area (Å²) in [5.74, 6) is 0.366. The first-order valence-corrected chi connectivity index (χ1v) is 8.42. The predicted molar refractivity (Wildman–Crippen MR) is 95.0 cm³/mol. The van der Waals surface area contributed by atoms with Gasteiger partial charge in [0.1, 0.15) is 0 Å². The van der Waals surface area contributed by atoms with Crippen LogP contribution in [0, 0.1) is 0 Å². The summed E-state index contributed by atoms with van der Waals surface area (Å²) < 4.78 is 0. The smallest absolute Gasteiger partial charge is 0.0595 e. The van der Waals surface area contributed by atoms with Crippen molar-refractivity contribution < 1.29 is 0 Å². The average molecular weight is 334 g/mol. The number of hydrogen-bond donors (Lipinski definition) is 1. The number of rotatable bonds is 2. The van der Waals surface area contributed by atoms with Crippen LogP contribution in [0.5, 0.6) is 0 Å². The lowest BCUT2D eigenvalue weighted by Crippen LogP contribution is -2.38. The second-order valence-corrected chi connectivity index (χ2v) is 7.85. The van der Waals surface area contributed by atoms with E-state index in [2.05, 4.69) is 56.4 Å². The van der Waals surface area contributed by atoms with E-state index in [9.17, 15) is 0 Å². The summed E-state index contributed by atoms with van der Waals surface area (Å²) in [6, 6.07) is 15.1. The second-order valence-electron chi connectivity index (χ2n) is 7.04. The molecular weight excluding hydrogens is 313 g/mol. The van der Waals surface area contributed by atoms with Gasteiger partial charge in [-0.1, -0.05) is 53.5 Å². The van der Waals surface area contributed by atoms with E-state index in [1.807, 2.05) is 12.1 Å². The number of halogens is 2. The molecular formula is C19H21Cl2N. The number of nitrogens with one attached hydrogen (secondary N) is 1. The normalized spacial score (nSPS) is 21.0.